The molecule has 1 fully saturated rings. The summed E-state index contributed by atoms with van der Waals surface area (Å²) in [6.07, 6.45) is 2.94. The SMILES string of the molecule is CCCC1CNCCC1c1cccc2c1O[C@@H](c1ccc(Cl)cc1F)CO2. The van der Waals surface area contributed by atoms with E-state index in [4.69, 9.17) is 21.1 Å². The molecule has 27 heavy (non-hydrogen) atoms. The minimum atomic E-state index is -0.470. The number of piperidine rings is 1. The molecule has 0 aliphatic carbocycles. The van der Waals surface area contributed by atoms with Crippen molar-refractivity contribution in [3.8, 4) is 11.5 Å². The molecule has 0 amide bonds. The predicted octanol–water partition coefficient (Wildman–Crippen LogP) is 5.48. The van der Waals surface area contributed by atoms with E-state index in [1.807, 2.05) is 12.1 Å². The molecule has 2 aliphatic heterocycles. The van der Waals surface area contributed by atoms with E-state index < -0.39 is 6.10 Å². The third-order valence-electron chi connectivity index (χ3n) is 5.64. The molecule has 144 valence electrons. The first-order chi connectivity index (χ1) is 13.2. The van der Waals surface area contributed by atoms with Crippen LogP contribution in [-0.4, -0.2) is 19.7 Å². The Bertz CT molecular complexity index is 811. The molecule has 0 radical (unpaired) electrons. The minimum absolute atomic E-state index is 0.291. The normalized spacial score (nSPS) is 24.6. The molecule has 2 unspecified atom stereocenters. The van der Waals surface area contributed by atoms with Gasteiger partial charge in [0, 0.05) is 16.1 Å². The van der Waals surface area contributed by atoms with Gasteiger partial charge in [0.05, 0.1) is 0 Å². The smallest absolute Gasteiger partial charge is 0.165 e. The van der Waals surface area contributed by atoms with Crippen molar-refractivity contribution in [2.45, 2.75) is 38.2 Å². The van der Waals surface area contributed by atoms with Crippen LogP contribution in [0.4, 0.5) is 4.39 Å². The first kappa shape index (κ1) is 18.6. The summed E-state index contributed by atoms with van der Waals surface area (Å²) >= 11 is 5.89. The Morgan fingerprint density at radius 1 is 1.22 bits per heavy atom. The van der Waals surface area contributed by atoms with Crippen molar-refractivity contribution in [3.63, 3.8) is 0 Å². The lowest BCUT2D eigenvalue weighted by molar-refractivity contribution is 0.0856. The van der Waals surface area contributed by atoms with Crippen LogP contribution in [0.5, 0.6) is 11.5 Å². The molecule has 4 rings (SSSR count). The summed E-state index contributed by atoms with van der Waals surface area (Å²) in [5.74, 6) is 2.18. The molecule has 2 aromatic rings. The van der Waals surface area contributed by atoms with E-state index in [0.717, 1.165) is 37.4 Å². The van der Waals surface area contributed by atoms with Crippen molar-refractivity contribution in [2.75, 3.05) is 19.7 Å². The van der Waals surface area contributed by atoms with E-state index in [-0.39, 0.29) is 5.82 Å². The van der Waals surface area contributed by atoms with E-state index in [2.05, 4.69) is 18.3 Å². The Morgan fingerprint density at radius 3 is 2.93 bits per heavy atom. The Morgan fingerprint density at radius 2 is 2.11 bits per heavy atom. The summed E-state index contributed by atoms with van der Waals surface area (Å²) < 4.78 is 26.7. The monoisotopic (exact) mass is 389 g/mol. The third kappa shape index (κ3) is 3.78. The molecule has 2 aromatic carbocycles. The van der Waals surface area contributed by atoms with E-state index >= 15 is 0 Å². The van der Waals surface area contributed by atoms with Crippen molar-refractivity contribution >= 4 is 11.6 Å². The molecule has 1 N–H and O–H groups in total. The Balaban J connectivity index is 1.66. The van der Waals surface area contributed by atoms with Gasteiger partial charge in [-0.15, -0.1) is 0 Å². The van der Waals surface area contributed by atoms with Crippen molar-refractivity contribution in [3.05, 3.63) is 58.4 Å². The first-order valence-corrected chi connectivity index (χ1v) is 10.1. The number of fused-ring (bicyclic) bond motifs is 1. The van der Waals surface area contributed by atoms with Gasteiger partial charge in [-0.3, -0.25) is 0 Å². The highest BCUT2D eigenvalue weighted by Crippen LogP contribution is 2.46. The van der Waals surface area contributed by atoms with E-state index in [9.17, 15) is 4.39 Å². The standard InChI is InChI=1S/C22H25ClFNO2/c1-2-4-14-12-25-10-9-16(14)17-5-3-6-20-22(17)27-21(13-26-20)18-8-7-15(23)11-19(18)24/h3,5-8,11,14,16,21,25H,2,4,9-10,12-13H2,1H3/t14?,16?,21-/m1/s1. The van der Waals surface area contributed by atoms with Crippen LogP contribution in [0.25, 0.3) is 0 Å². The van der Waals surface area contributed by atoms with Crippen LogP contribution in [0.15, 0.2) is 36.4 Å². The average molecular weight is 390 g/mol. The Kier molecular flexibility index (Phi) is 5.55. The largest absolute Gasteiger partial charge is 0.485 e. The topological polar surface area (TPSA) is 30.5 Å². The zero-order valence-electron chi connectivity index (χ0n) is 15.5. The predicted molar refractivity (Wildman–Crippen MR) is 105 cm³/mol. The summed E-state index contributed by atoms with van der Waals surface area (Å²) in [4.78, 5) is 0. The van der Waals surface area contributed by atoms with Crippen molar-refractivity contribution in [2.24, 2.45) is 5.92 Å². The second-order valence-corrected chi connectivity index (χ2v) is 7.84. The number of hydrogen-bond acceptors (Lipinski definition) is 3. The number of nitrogens with one attached hydrogen (secondary N) is 1. The summed E-state index contributed by atoms with van der Waals surface area (Å²) in [6.45, 7) is 4.55. The van der Waals surface area contributed by atoms with Gasteiger partial charge in [-0.1, -0.05) is 43.1 Å². The zero-order valence-corrected chi connectivity index (χ0v) is 16.3. The van der Waals surface area contributed by atoms with Gasteiger partial charge in [0.2, 0.25) is 0 Å². The van der Waals surface area contributed by atoms with Gasteiger partial charge in [-0.25, -0.2) is 4.39 Å². The van der Waals surface area contributed by atoms with Gasteiger partial charge in [-0.05, 0) is 56.0 Å². The third-order valence-corrected chi connectivity index (χ3v) is 5.87. The van der Waals surface area contributed by atoms with Gasteiger partial charge in [0.1, 0.15) is 12.4 Å². The lowest BCUT2D eigenvalue weighted by Crippen LogP contribution is -2.36. The van der Waals surface area contributed by atoms with E-state index in [1.165, 1.54) is 18.1 Å². The van der Waals surface area contributed by atoms with Crippen LogP contribution in [-0.2, 0) is 0 Å². The van der Waals surface area contributed by atoms with Crippen LogP contribution >= 0.6 is 11.6 Å². The molecule has 0 bridgehead atoms. The maximum atomic E-state index is 14.4. The maximum absolute atomic E-state index is 14.4. The zero-order chi connectivity index (χ0) is 18.8. The molecule has 0 spiro atoms. The second kappa shape index (κ2) is 8.07. The summed E-state index contributed by atoms with van der Waals surface area (Å²) in [5.41, 5.74) is 1.67. The molecule has 5 heteroatoms. The van der Waals surface area contributed by atoms with Crippen molar-refractivity contribution in [1.82, 2.24) is 5.32 Å². The first-order valence-electron chi connectivity index (χ1n) is 9.75. The van der Waals surface area contributed by atoms with Gasteiger partial charge < -0.3 is 14.8 Å². The molecular weight excluding hydrogens is 365 g/mol. The summed E-state index contributed by atoms with van der Waals surface area (Å²) in [5, 5.41) is 3.89. The Labute approximate surface area is 164 Å². The summed E-state index contributed by atoms with van der Waals surface area (Å²) in [7, 11) is 0. The van der Waals surface area contributed by atoms with Gasteiger partial charge >= 0.3 is 0 Å². The van der Waals surface area contributed by atoms with Crippen LogP contribution in [0.1, 0.15) is 49.3 Å². The molecule has 3 atom stereocenters. The maximum Gasteiger partial charge on any atom is 0.165 e. The lowest BCUT2D eigenvalue weighted by atomic mass is 9.78. The molecule has 0 saturated carbocycles. The molecular formula is C22H25ClFNO2. The highest BCUT2D eigenvalue weighted by atomic mass is 35.5. The minimum Gasteiger partial charge on any atom is -0.485 e. The lowest BCUT2D eigenvalue weighted by Gasteiger charge is -2.36. The Hall–Kier alpha value is -1.78. The molecule has 1 saturated heterocycles. The van der Waals surface area contributed by atoms with Crippen molar-refractivity contribution < 1.29 is 13.9 Å². The van der Waals surface area contributed by atoms with Crippen LogP contribution in [0, 0.1) is 11.7 Å². The highest BCUT2D eigenvalue weighted by molar-refractivity contribution is 6.30. The van der Waals surface area contributed by atoms with Crippen LogP contribution in [0.2, 0.25) is 5.02 Å². The number of para-hydroxylation sites is 1. The van der Waals surface area contributed by atoms with Crippen molar-refractivity contribution in [1.29, 1.82) is 0 Å². The van der Waals surface area contributed by atoms with E-state index in [0.29, 0.717) is 29.0 Å². The van der Waals surface area contributed by atoms with E-state index in [1.54, 1.807) is 12.1 Å². The number of halogens is 2. The highest BCUT2D eigenvalue weighted by Gasteiger charge is 2.33. The fourth-order valence-corrected chi connectivity index (χ4v) is 4.49. The molecule has 0 aromatic heterocycles. The quantitative estimate of drug-likeness (QED) is 0.750. The number of hydrogen-bond donors (Lipinski definition) is 1. The molecule has 2 aliphatic rings. The average Bonchev–Trinajstić information content (AvgIpc) is 2.68. The number of ether oxygens (including phenoxy) is 2. The number of rotatable bonds is 4. The van der Waals surface area contributed by atoms with Gasteiger partial charge in [0.15, 0.2) is 17.6 Å². The van der Waals surface area contributed by atoms with Crippen LogP contribution < -0.4 is 14.8 Å². The fourth-order valence-electron chi connectivity index (χ4n) is 4.33. The number of benzene rings is 2. The summed E-state index contributed by atoms with van der Waals surface area (Å²) in [6, 6.07) is 10.8. The fraction of sp³-hybridized carbons (Fsp3) is 0.455. The van der Waals surface area contributed by atoms with Crippen LogP contribution in [0.3, 0.4) is 0 Å². The second-order valence-electron chi connectivity index (χ2n) is 7.41. The van der Waals surface area contributed by atoms with Gasteiger partial charge in [0.25, 0.3) is 0 Å². The molecule has 2 heterocycles. The van der Waals surface area contributed by atoms with Gasteiger partial charge in [-0.2, -0.15) is 0 Å². The molecule has 3 nitrogen and oxygen atoms in total.